The summed E-state index contributed by atoms with van der Waals surface area (Å²) in [5, 5.41) is 5.50. The Labute approximate surface area is 169 Å². The molecule has 3 rings (SSSR count). The molecule has 2 aromatic rings. The van der Waals surface area contributed by atoms with Crippen LogP contribution >= 0.6 is 23.6 Å². The van der Waals surface area contributed by atoms with Crippen molar-refractivity contribution >= 4 is 23.6 Å². The first-order valence-electron chi connectivity index (χ1n) is 8.82. The maximum Gasteiger partial charge on any atom is 0.203 e. The molecule has 1 aliphatic rings. The van der Waals surface area contributed by atoms with Gasteiger partial charge in [0.25, 0.3) is 0 Å². The maximum atomic E-state index is 5.60. The monoisotopic (exact) mass is 410 g/mol. The van der Waals surface area contributed by atoms with Gasteiger partial charge in [0, 0.05) is 38.3 Å². The molecule has 0 atom stereocenters. The number of rotatable bonds is 7. The third-order valence-corrected chi connectivity index (χ3v) is 5.91. The van der Waals surface area contributed by atoms with Crippen molar-refractivity contribution in [3.8, 4) is 17.2 Å². The molecule has 148 valence electrons. The summed E-state index contributed by atoms with van der Waals surface area (Å²) in [6.45, 7) is 7.48. The highest BCUT2D eigenvalue weighted by Crippen LogP contribution is 2.40. The lowest BCUT2D eigenvalue weighted by Crippen LogP contribution is -2.46. The lowest BCUT2D eigenvalue weighted by Gasteiger charge is -2.34. The summed E-state index contributed by atoms with van der Waals surface area (Å²) < 4.78 is 19.2. The summed E-state index contributed by atoms with van der Waals surface area (Å²) in [5.74, 6) is 2.06. The van der Waals surface area contributed by atoms with E-state index in [0.29, 0.717) is 11.5 Å². The Kier molecular flexibility index (Phi) is 6.69. The van der Waals surface area contributed by atoms with Crippen LogP contribution < -0.4 is 14.2 Å². The molecule has 2 heterocycles. The summed E-state index contributed by atoms with van der Waals surface area (Å²) in [4.78, 5) is 4.81. The second-order valence-electron chi connectivity index (χ2n) is 6.42. The SMILES string of the molecule is COc1ccc(CN2CCN(Cn3nc(C)sc3=S)CC2)c(OC)c1OC. The summed E-state index contributed by atoms with van der Waals surface area (Å²) in [7, 11) is 4.93. The first-order chi connectivity index (χ1) is 13.0. The number of hydrogen-bond donors (Lipinski definition) is 0. The number of methoxy groups -OCH3 is 3. The molecule has 0 aliphatic carbocycles. The average Bonchev–Trinajstić information content (AvgIpc) is 2.99. The topological polar surface area (TPSA) is 52.0 Å². The van der Waals surface area contributed by atoms with E-state index in [-0.39, 0.29) is 0 Å². The van der Waals surface area contributed by atoms with Crippen LogP contribution in [-0.2, 0) is 13.2 Å². The minimum Gasteiger partial charge on any atom is -0.493 e. The van der Waals surface area contributed by atoms with Gasteiger partial charge in [-0.2, -0.15) is 5.10 Å². The second kappa shape index (κ2) is 9.01. The standard InChI is InChI=1S/C18H26N4O3S2/c1-13-19-22(18(26)27-13)12-21-9-7-20(8-10-21)11-14-5-6-15(23-2)17(25-4)16(14)24-3/h5-6H,7-12H2,1-4H3. The van der Waals surface area contributed by atoms with Gasteiger partial charge in [0.1, 0.15) is 5.01 Å². The van der Waals surface area contributed by atoms with E-state index in [0.717, 1.165) is 59.7 Å². The van der Waals surface area contributed by atoms with Gasteiger partial charge in [-0.15, -0.1) is 0 Å². The zero-order chi connectivity index (χ0) is 19.4. The first-order valence-corrected chi connectivity index (χ1v) is 10.0. The number of aryl methyl sites for hydroxylation is 1. The van der Waals surface area contributed by atoms with Crippen LogP contribution in [0.25, 0.3) is 0 Å². The second-order valence-corrected chi connectivity index (χ2v) is 8.24. The zero-order valence-corrected chi connectivity index (χ0v) is 17.9. The smallest absolute Gasteiger partial charge is 0.203 e. The van der Waals surface area contributed by atoms with E-state index in [2.05, 4.69) is 14.9 Å². The Morgan fingerprint density at radius 3 is 2.22 bits per heavy atom. The third-order valence-electron chi connectivity index (χ3n) is 4.69. The lowest BCUT2D eigenvalue weighted by molar-refractivity contribution is 0.0977. The van der Waals surface area contributed by atoms with Crippen LogP contribution in [0.15, 0.2) is 12.1 Å². The van der Waals surface area contributed by atoms with Crippen molar-refractivity contribution < 1.29 is 14.2 Å². The summed E-state index contributed by atoms with van der Waals surface area (Å²) in [6, 6.07) is 3.98. The molecule has 0 radical (unpaired) electrons. The van der Waals surface area contributed by atoms with Crippen LogP contribution in [0.3, 0.4) is 0 Å². The van der Waals surface area contributed by atoms with Crippen molar-refractivity contribution in [3.05, 3.63) is 26.7 Å². The van der Waals surface area contributed by atoms with Gasteiger partial charge < -0.3 is 14.2 Å². The van der Waals surface area contributed by atoms with Gasteiger partial charge in [-0.3, -0.25) is 9.80 Å². The molecule has 9 heteroatoms. The van der Waals surface area contributed by atoms with E-state index in [9.17, 15) is 0 Å². The Morgan fingerprint density at radius 2 is 1.67 bits per heavy atom. The molecule has 27 heavy (non-hydrogen) atoms. The molecular formula is C18H26N4O3S2. The van der Waals surface area contributed by atoms with E-state index in [1.165, 1.54) is 0 Å². The van der Waals surface area contributed by atoms with Gasteiger partial charge in [-0.05, 0) is 25.2 Å². The number of aromatic nitrogens is 2. The molecule has 0 bridgehead atoms. The fraction of sp³-hybridized carbons (Fsp3) is 0.556. The van der Waals surface area contributed by atoms with Crippen molar-refractivity contribution in [1.82, 2.24) is 19.6 Å². The average molecular weight is 411 g/mol. The highest BCUT2D eigenvalue weighted by molar-refractivity contribution is 7.73. The Balaban J connectivity index is 1.62. The van der Waals surface area contributed by atoms with E-state index in [1.54, 1.807) is 32.7 Å². The maximum absolute atomic E-state index is 5.60. The molecular weight excluding hydrogens is 384 g/mol. The normalized spacial score (nSPS) is 15.7. The third kappa shape index (κ3) is 4.60. The summed E-state index contributed by atoms with van der Waals surface area (Å²) >= 11 is 6.93. The van der Waals surface area contributed by atoms with Gasteiger partial charge in [-0.25, -0.2) is 4.68 Å². The Hall–Kier alpha value is -1.68. The van der Waals surface area contributed by atoms with Gasteiger partial charge in [0.05, 0.1) is 28.0 Å². The minimum atomic E-state index is 0.643. The van der Waals surface area contributed by atoms with Crippen molar-refractivity contribution in [1.29, 1.82) is 0 Å². The minimum absolute atomic E-state index is 0.643. The molecule has 1 aromatic heterocycles. The predicted octanol–water partition coefficient (Wildman–Crippen LogP) is 2.78. The molecule has 1 fully saturated rings. The van der Waals surface area contributed by atoms with Crippen LogP contribution in [-0.4, -0.2) is 67.1 Å². The van der Waals surface area contributed by atoms with Crippen molar-refractivity contribution in [2.45, 2.75) is 20.1 Å². The molecule has 0 amide bonds. The number of nitrogens with zero attached hydrogens (tertiary/aromatic N) is 4. The van der Waals surface area contributed by atoms with Crippen LogP contribution in [0.5, 0.6) is 17.2 Å². The van der Waals surface area contributed by atoms with Gasteiger partial charge in [0.2, 0.25) is 5.75 Å². The first kappa shape index (κ1) is 20.1. The highest BCUT2D eigenvalue weighted by Gasteiger charge is 2.21. The number of piperazine rings is 1. The Morgan fingerprint density at radius 1 is 1.00 bits per heavy atom. The highest BCUT2D eigenvalue weighted by atomic mass is 32.1. The molecule has 1 aliphatic heterocycles. The van der Waals surface area contributed by atoms with Gasteiger partial charge >= 0.3 is 0 Å². The van der Waals surface area contributed by atoms with E-state index >= 15 is 0 Å². The molecule has 7 nitrogen and oxygen atoms in total. The predicted molar refractivity (Wildman–Crippen MR) is 109 cm³/mol. The molecule has 0 spiro atoms. The van der Waals surface area contributed by atoms with E-state index < -0.39 is 0 Å². The summed E-state index contributed by atoms with van der Waals surface area (Å²) in [6.07, 6.45) is 0. The summed E-state index contributed by atoms with van der Waals surface area (Å²) in [5.41, 5.74) is 1.10. The number of benzene rings is 1. The largest absolute Gasteiger partial charge is 0.493 e. The lowest BCUT2D eigenvalue weighted by atomic mass is 10.1. The van der Waals surface area contributed by atoms with Gasteiger partial charge in [0.15, 0.2) is 15.5 Å². The molecule has 0 unspecified atom stereocenters. The van der Waals surface area contributed by atoms with E-state index in [1.807, 2.05) is 23.7 Å². The quantitative estimate of drug-likeness (QED) is 0.651. The fourth-order valence-electron chi connectivity index (χ4n) is 3.31. The number of hydrogen-bond acceptors (Lipinski definition) is 8. The molecule has 0 N–H and O–H groups in total. The fourth-order valence-corrected chi connectivity index (χ4v) is 4.36. The zero-order valence-electron chi connectivity index (χ0n) is 16.2. The van der Waals surface area contributed by atoms with Crippen LogP contribution in [0.4, 0.5) is 0 Å². The van der Waals surface area contributed by atoms with Crippen LogP contribution in [0.2, 0.25) is 0 Å². The van der Waals surface area contributed by atoms with E-state index in [4.69, 9.17) is 26.4 Å². The number of ether oxygens (including phenoxy) is 3. The van der Waals surface area contributed by atoms with Crippen molar-refractivity contribution in [2.75, 3.05) is 47.5 Å². The van der Waals surface area contributed by atoms with Crippen molar-refractivity contribution in [2.24, 2.45) is 0 Å². The Bertz CT molecular complexity index is 828. The van der Waals surface area contributed by atoms with Gasteiger partial charge in [-0.1, -0.05) is 17.4 Å². The molecule has 1 saturated heterocycles. The van der Waals surface area contributed by atoms with Crippen LogP contribution in [0, 0.1) is 10.9 Å². The van der Waals surface area contributed by atoms with Crippen LogP contribution in [0.1, 0.15) is 10.6 Å². The molecule has 1 aromatic carbocycles. The van der Waals surface area contributed by atoms with Crippen molar-refractivity contribution in [3.63, 3.8) is 0 Å². The molecule has 0 saturated carbocycles.